The Balaban J connectivity index is 1.49. The first-order chi connectivity index (χ1) is 15.8. The van der Waals surface area contributed by atoms with E-state index in [-0.39, 0.29) is 29.5 Å². The predicted molar refractivity (Wildman–Crippen MR) is 125 cm³/mol. The van der Waals surface area contributed by atoms with E-state index in [0.29, 0.717) is 31.4 Å². The summed E-state index contributed by atoms with van der Waals surface area (Å²) in [6.45, 7) is 5.78. The number of amides is 1. The molecule has 3 rings (SSSR count). The van der Waals surface area contributed by atoms with Crippen molar-refractivity contribution in [1.82, 2.24) is 9.88 Å². The van der Waals surface area contributed by atoms with E-state index in [1.807, 2.05) is 26.0 Å². The van der Waals surface area contributed by atoms with Crippen molar-refractivity contribution < 1.29 is 27.4 Å². The fraction of sp³-hybridized carbons (Fsp3) is 0.500. The fourth-order valence-corrected chi connectivity index (χ4v) is 4.73. The summed E-state index contributed by atoms with van der Waals surface area (Å²) in [5, 5.41) is 0. The van der Waals surface area contributed by atoms with Crippen LogP contribution >= 0.6 is 0 Å². The molecule has 8 nitrogen and oxygen atoms in total. The Labute approximate surface area is 195 Å². The monoisotopic (exact) mass is 476 g/mol. The predicted octanol–water partition coefficient (Wildman–Crippen LogP) is 3.80. The van der Waals surface area contributed by atoms with Crippen molar-refractivity contribution in [2.45, 2.75) is 37.7 Å². The van der Waals surface area contributed by atoms with Crippen molar-refractivity contribution in [3.05, 3.63) is 42.6 Å². The second-order valence-electron chi connectivity index (χ2n) is 8.39. The lowest BCUT2D eigenvalue weighted by atomic mass is 9.98. The second-order valence-corrected chi connectivity index (χ2v) is 10.5. The third-order valence-electron chi connectivity index (χ3n) is 5.50. The summed E-state index contributed by atoms with van der Waals surface area (Å²) in [5.41, 5.74) is 1.56. The molecule has 1 saturated heterocycles. The summed E-state index contributed by atoms with van der Waals surface area (Å²) < 4.78 is 40.5. The molecule has 1 fully saturated rings. The number of carbonyl (C=O) groups is 1. The van der Waals surface area contributed by atoms with Crippen LogP contribution in [0.4, 0.5) is 4.79 Å². The number of nitrogens with zero attached hydrogens (tertiary/aromatic N) is 2. The number of ether oxygens (including phenoxy) is 3. The second kappa shape index (κ2) is 11.5. The number of carbonyl (C=O) groups excluding carboxylic acids is 1. The van der Waals surface area contributed by atoms with Crippen LogP contribution < -0.4 is 4.74 Å². The van der Waals surface area contributed by atoms with Gasteiger partial charge in [0.25, 0.3) is 0 Å². The van der Waals surface area contributed by atoms with Gasteiger partial charge in [-0.2, -0.15) is 0 Å². The molecule has 180 valence electrons. The molecule has 1 amide bonds. The highest BCUT2D eigenvalue weighted by atomic mass is 32.2. The number of benzene rings is 1. The molecule has 0 aliphatic carbocycles. The molecule has 2 heterocycles. The third kappa shape index (κ3) is 7.17. The Morgan fingerprint density at radius 3 is 2.39 bits per heavy atom. The average Bonchev–Trinajstić information content (AvgIpc) is 2.82. The van der Waals surface area contributed by atoms with Crippen molar-refractivity contribution in [1.29, 1.82) is 0 Å². The van der Waals surface area contributed by atoms with Crippen molar-refractivity contribution in [3.63, 3.8) is 0 Å². The molecular formula is C24H32N2O6S. The van der Waals surface area contributed by atoms with E-state index >= 15 is 0 Å². The maximum absolute atomic E-state index is 12.2. The Kier molecular flexibility index (Phi) is 8.68. The van der Waals surface area contributed by atoms with Crippen LogP contribution in [0.15, 0.2) is 47.5 Å². The van der Waals surface area contributed by atoms with Crippen LogP contribution in [0.1, 0.15) is 26.7 Å². The van der Waals surface area contributed by atoms with E-state index in [1.165, 1.54) is 7.11 Å². The zero-order valence-corrected chi connectivity index (χ0v) is 20.2. The van der Waals surface area contributed by atoms with E-state index in [0.717, 1.165) is 24.1 Å². The Morgan fingerprint density at radius 2 is 1.82 bits per heavy atom. The Hall–Kier alpha value is -2.65. The minimum Gasteiger partial charge on any atom is -0.492 e. The normalized spacial score (nSPS) is 15.0. The van der Waals surface area contributed by atoms with Crippen LogP contribution in [0.25, 0.3) is 11.3 Å². The molecule has 0 N–H and O–H groups in total. The third-order valence-corrected chi connectivity index (χ3v) is 7.19. The minimum absolute atomic E-state index is 0.0474. The van der Waals surface area contributed by atoms with Gasteiger partial charge in [0.2, 0.25) is 0 Å². The molecule has 2 aromatic rings. The van der Waals surface area contributed by atoms with E-state index < -0.39 is 9.84 Å². The summed E-state index contributed by atoms with van der Waals surface area (Å²) in [4.78, 5) is 18.5. The molecule has 0 radical (unpaired) electrons. The smallest absolute Gasteiger partial charge is 0.410 e. The fourth-order valence-electron chi connectivity index (χ4n) is 3.55. The lowest BCUT2D eigenvalue weighted by molar-refractivity contribution is 0.0608. The molecule has 1 aliphatic rings. The van der Waals surface area contributed by atoms with Crippen molar-refractivity contribution in [2.24, 2.45) is 5.92 Å². The zero-order chi connectivity index (χ0) is 23.8. The van der Waals surface area contributed by atoms with Crippen LogP contribution in [-0.2, 0) is 19.3 Å². The number of piperidine rings is 1. The van der Waals surface area contributed by atoms with E-state index in [4.69, 9.17) is 14.2 Å². The minimum atomic E-state index is -3.35. The maximum atomic E-state index is 12.2. The lowest BCUT2D eigenvalue weighted by Crippen LogP contribution is -2.40. The number of hydrogen-bond acceptors (Lipinski definition) is 7. The van der Waals surface area contributed by atoms with E-state index in [2.05, 4.69) is 4.98 Å². The van der Waals surface area contributed by atoms with Gasteiger partial charge >= 0.3 is 6.09 Å². The highest BCUT2D eigenvalue weighted by Crippen LogP contribution is 2.24. The van der Waals surface area contributed by atoms with Crippen LogP contribution in [0.5, 0.6) is 5.75 Å². The molecule has 1 aliphatic heterocycles. The molecule has 9 heteroatoms. The van der Waals surface area contributed by atoms with Gasteiger partial charge in [-0.05, 0) is 56.9 Å². The number of hydrogen-bond donors (Lipinski definition) is 0. The number of pyridine rings is 1. The summed E-state index contributed by atoms with van der Waals surface area (Å²) >= 11 is 0. The van der Waals surface area contributed by atoms with Crippen LogP contribution in [0.3, 0.4) is 0 Å². The number of aromatic nitrogens is 1. The largest absolute Gasteiger partial charge is 0.492 e. The molecule has 1 aromatic heterocycles. The molecule has 0 saturated carbocycles. The van der Waals surface area contributed by atoms with Crippen LogP contribution in [0.2, 0.25) is 0 Å². The molecule has 0 atom stereocenters. The van der Waals surface area contributed by atoms with Gasteiger partial charge in [-0.15, -0.1) is 0 Å². The van der Waals surface area contributed by atoms with E-state index in [1.54, 1.807) is 35.4 Å². The SMILES string of the molecule is COCCS(=O)(=O)c1ccc(-c2ccc(OCC3CCN(C(=O)OC(C)C)CC3)cn2)cc1. The topological polar surface area (TPSA) is 95.0 Å². The zero-order valence-electron chi connectivity index (χ0n) is 19.4. The van der Waals surface area contributed by atoms with Gasteiger partial charge in [-0.3, -0.25) is 4.98 Å². The van der Waals surface area contributed by atoms with Crippen molar-refractivity contribution >= 4 is 15.9 Å². The van der Waals surface area contributed by atoms with Crippen LogP contribution in [0, 0.1) is 5.92 Å². The average molecular weight is 477 g/mol. The standard InChI is InChI=1S/C24H32N2O6S/c1-18(2)32-24(27)26-12-10-19(11-13-26)17-31-21-6-9-23(25-16-21)20-4-7-22(8-5-20)33(28,29)15-14-30-3/h4-9,16,18-19H,10-15,17H2,1-3H3. The van der Waals surface area contributed by atoms with Gasteiger partial charge in [-0.25, -0.2) is 13.2 Å². The summed E-state index contributed by atoms with van der Waals surface area (Å²) in [6, 6.07) is 10.4. The molecule has 1 aromatic carbocycles. The number of likely N-dealkylation sites (tertiary alicyclic amines) is 1. The first kappa shape index (κ1) is 25.0. The number of sulfone groups is 1. The van der Waals surface area contributed by atoms with Gasteiger partial charge in [-0.1, -0.05) is 12.1 Å². The first-order valence-corrected chi connectivity index (χ1v) is 12.8. The van der Waals surface area contributed by atoms with Gasteiger partial charge in [0.15, 0.2) is 9.84 Å². The van der Waals surface area contributed by atoms with Gasteiger partial charge in [0, 0.05) is 25.8 Å². The first-order valence-electron chi connectivity index (χ1n) is 11.1. The molecule has 33 heavy (non-hydrogen) atoms. The molecule has 0 unspecified atom stereocenters. The summed E-state index contributed by atoms with van der Waals surface area (Å²) in [7, 11) is -1.88. The molecule has 0 bridgehead atoms. The summed E-state index contributed by atoms with van der Waals surface area (Å²) in [6.07, 6.45) is 3.07. The highest BCUT2D eigenvalue weighted by molar-refractivity contribution is 7.91. The van der Waals surface area contributed by atoms with E-state index in [9.17, 15) is 13.2 Å². The quantitative estimate of drug-likeness (QED) is 0.543. The Morgan fingerprint density at radius 1 is 1.12 bits per heavy atom. The lowest BCUT2D eigenvalue weighted by Gasteiger charge is -2.31. The number of methoxy groups -OCH3 is 1. The highest BCUT2D eigenvalue weighted by Gasteiger charge is 2.24. The maximum Gasteiger partial charge on any atom is 0.410 e. The van der Waals surface area contributed by atoms with Gasteiger partial charge in [0.05, 0.1) is 41.9 Å². The van der Waals surface area contributed by atoms with Crippen LogP contribution in [-0.4, -0.2) is 69.7 Å². The Bertz CT molecular complexity index is 998. The van der Waals surface area contributed by atoms with Gasteiger partial charge < -0.3 is 19.1 Å². The molecule has 0 spiro atoms. The van der Waals surface area contributed by atoms with Gasteiger partial charge in [0.1, 0.15) is 5.75 Å². The summed E-state index contributed by atoms with van der Waals surface area (Å²) in [5.74, 6) is 1.01. The molecular weight excluding hydrogens is 444 g/mol. The van der Waals surface area contributed by atoms with Crippen molar-refractivity contribution in [3.8, 4) is 17.0 Å². The number of rotatable bonds is 9. The van der Waals surface area contributed by atoms with Crippen molar-refractivity contribution in [2.75, 3.05) is 39.2 Å².